The zero-order valence-corrected chi connectivity index (χ0v) is 11.1. The molecule has 0 fully saturated rings. The van der Waals surface area contributed by atoms with Crippen LogP contribution >= 0.6 is 0 Å². The Morgan fingerprint density at radius 2 is 1.75 bits per heavy atom. The molecule has 0 aliphatic heterocycles. The molecule has 0 bridgehead atoms. The lowest BCUT2D eigenvalue weighted by molar-refractivity contribution is 0.309. The maximum Gasteiger partial charge on any atom is 0.0112 e. The molecule has 0 aliphatic rings. The van der Waals surface area contributed by atoms with Crippen LogP contribution in [0.1, 0.15) is 39.7 Å². The Morgan fingerprint density at radius 1 is 1.12 bits per heavy atom. The minimum Gasteiger partial charge on any atom is -0.314 e. The van der Waals surface area contributed by atoms with E-state index in [1.54, 1.807) is 0 Å². The summed E-state index contributed by atoms with van der Waals surface area (Å²) in [5, 5.41) is 3.59. The molecule has 0 spiro atoms. The number of hydrogen-bond acceptors (Lipinski definition) is 1. The summed E-state index contributed by atoms with van der Waals surface area (Å²) >= 11 is 0. The highest BCUT2D eigenvalue weighted by molar-refractivity contribution is 5.16. The molecule has 0 saturated heterocycles. The van der Waals surface area contributed by atoms with Gasteiger partial charge in [-0.3, -0.25) is 0 Å². The molecule has 1 aromatic rings. The van der Waals surface area contributed by atoms with E-state index in [4.69, 9.17) is 0 Å². The van der Waals surface area contributed by atoms with Gasteiger partial charge in [-0.1, -0.05) is 58.0 Å². The highest BCUT2D eigenvalue weighted by Crippen LogP contribution is 2.22. The molecule has 1 atom stereocenters. The average Bonchev–Trinajstić information content (AvgIpc) is 2.17. The van der Waals surface area contributed by atoms with Crippen LogP contribution in [0.3, 0.4) is 0 Å². The molecule has 0 heterocycles. The van der Waals surface area contributed by atoms with E-state index in [-0.39, 0.29) is 0 Å². The van der Waals surface area contributed by atoms with Crippen molar-refractivity contribution in [2.24, 2.45) is 5.41 Å². The number of rotatable bonds is 5. The second kappa shape index (κ2) is 6.05. The van der Waals surface area contributed by atoms with Gasteiger partial charge in [-0.2, -0.15) is 0 Å². The van der Waals surface area contributed by atoms with Crippen LogP contribution in [0.2, 0.25) is 0 Å². The van der Waals surface area contributed by atoms with E-state index in [0.29, 0.717) is 11.5 Å². The average molecular weight is 219 g/mol. The topological polar surface area (TPSA) is 12.0 Å². The highest BCUT2D eigenvalue weighted by Gasteiger charge is 2.18. The summed E-state index contributed by atoms with van der Waals surface area (Å²) < 4.78 is 0. The van der Waals surface area contributed by atoms with Crippen LogP contribution in [-0.2, 0) is 6.42 Å². The van der Waals surface area contributed by atoms with Gasteiger partial charge in [0.15, 0.2) is 0 Å². The van der Waals surface area contributed by atoms with Crippen molar-refractivity contribution in [1.82, 2.24) is 5.32 Å². The molecular formula is C15H25N. The Labute approximate surface area is 100 Å². The fraction of sp³-hybridized carbons (Fsp3) is 0.600. The van der Waals surface area contributed by atoms with Crippen molar-refractivity contribution >= 4 is 0 Å². The number of hydrogen-bond donors (Lipinski definition) is 1. The SMILES string of the molecule is CCNC(Cc1ccccc1)CC(C)(C)C. The molecule has 0 amide bonds. The summed E-state index contributed by atoms with van der Waals surface area (Å²) in [4.78, 5) is 0. The number of likely N-dealkylation sites (N-methyl/N-ethyl adjacent to an activating group) is 1. The monoisotopic (exact) mass is 219 g/mol. The predicted octanol–water partition coefficient (Wildman–Crippen LogP) is 3.64. The summed E-state index contributed by atoms with van der Waals surface area (Å²) in [5.74, 6) is 0. The smallest absolute Gasteiger partial charge is 0.0112 e. The van der Waals surface area contributed by atoms with E-state index >= 15 is 0 Å². The van der Waals surface area contributed by atoms with Crippen molar-refractivity contribution in [3.63, 3.8) is 0 Å². The summed E-state index contributed by atoms with van der Waals surface area (Å²) in [6.45, 7) is 10.2. The van der Waals surface area contributed by atoms with E-state index in [1.807, 2.05) is 0 Å². The predicted molar refractivity (Wildman–Crippen MR) is 71.7 cm³/mol. The Bertz CT molecular complexity index is 284. The van der Waals surface area contributed by atoms with Crippen LogP contribution in [0.5, 0.6) is 0 Å². The van der Waals surface area contributed by atoms with E-state index in [1.165, 1.54) is 12.0 Å². The van der Waals surface area contributed by atoms with Crippen molar-refractivity contribution in [2.75, 3.05) is 6.54 Å². The van der Waals surface area contributed by atoms with Crippen LogP contribution < -0.4 is 5.32 Å². The number of nitrogens with one attached hydrogen (secondary N) is 1. The van der Waals surface area contributed by atoms with Crippen molar-refractivity contribution < 1.29 is 0 Å². The molecule has 1 heteroatoms. The minimum absolute atomic E-state index is 0.390. The van der Waals surface area contributed by atoms with E-state index in [2.05, 4.69) is 63.3 Å². The summed E-state index contributed by atoms with van der Waals surface area (Å²) in [6.07, 6.45) is 2.35. The van der Waals surface area contributed by atoms with Crippen molar-refractivity contribution in [1.29, 1.82) is 0 Å². The van der Waals surface area contributed by atoms with Gasteiger partial charge in [0.25, 0.3) is 0 Å². The Morgan fingerprint density at radius 3 is 2.25 bits per heavy atom. The molecule has 1 nitrogen and oxygen atoms in total. The molecular weight excluding hydrogens is 194 g/mol. The van der Waals surface area contributed by atoms with Gasteiger partial charge in [-0.05, 0) is 30.4 Å². The van der Waals surface area contributed by atoms with Crippen molar-refractivity contribution in [2.45, 2.75) is 46.6 Å². The molecule has 90 valence electrons. The first-order valence-electron chi connectivity index (χ1n) is 6.28. The zero-order valence-electron chi connectivity index (χ0n) is 11.1. The van der Waals surface area contributed by atoms with Crippen molar-refractivity contribution in [3.8, 4) is 0 Å². The Hall–Kier alpha value is -0.820. The van der Waals surface area contributed by atoms with E-state index in [0.717, 1.165) is 13.0 Å². The first kappa shape index (κ1) is 13.2. The lowest BCUT2D eigenvalue weighted by atomic mass is 9.86. The number of benzene rings is 1. The maximum atomic E-state index is 3.59. The van der Waals surface area contributed by atoms with Gasteiger partial charge in [-0.25, -0.2) is 0 Å². The molecule has 0 radical (unpaired) electrons. The van der Waals surface area contributed by atoms with Gasteiger partial charge in [-0.15, -0.1) is 0 Å². The molecule has 0 aliphatic carbocycles. The largest absolute Gasteiger partial charge is 0.314 e. The highest BCUT2D eigenvalue weighted by atomic mass is 14.9. The van der Waals surface area contributed by atoms with Crippen molar-refractivity contribution in [3.05, 3.63) is 35.9 Å². The lowest BCUT2D eigenvalue weighted by Gasteiger charge is -2.26. The Kier molecular flexibility index (Phi) is 5.01. The third-order valence-corrected chi connectivity index (χ3v) is 2.68. The first-order chi connectivity index (χ1) is 7.51. The van der Waals surface area contributed by atoms with E-state index < -0.39 is 0 Å². The van der Waals surface area contributed by atoms with Gasteiger partial charge >= 0.3 is 0 Å². The van der Waals surface area contributed by atoms with Gasteiger partial charge in [0, 0.05) is 6.04 Å². The second-order valence-electron chi connectivity index (χ2n) is 5.71. The first-order valence-corrected chi connectivity index (χ1v) is 6.28. The summed E-state index contributed by atoms with van der Waals surface area (Å²) in [7, 11) is 0. The molecule has 0 aromatic heterocycles. The van der Waals surface area contributed by atoms with E-state index in [9.17, 15) is 0 Å². The molecule has 1 aromatic carbocycles. The van der Waals surface area contributed by atoms with Crippen LogP contribution in [-0.4, -0.2) is 12.6 Å². The molecule has 1 rings (SSSR count). The van der Waals surface area contributed by atoms with Gasteiger partial charge in [0.1, 0.15) is 0 Å². The summed E-state index contributed by atoms with van der Waals surface area (Å²) in [5.41, 5.74) is 1.82. The maximum absolute atomic E-state index is 3.59. The van der Waals surface area contributed by atoms with Crippen LogP contribution in [0.15, 0.2) is 30.3 Å². The molecule has 16 heavy (non-hydrogen) atoms. The lowest BCUT2D eigenvalue weighted by Crippen LogP contribution is -2.34. The quantitative estimate of drug-likeness (QED) is 0.797. The van der Waals surface area contributed by atoms with Crippen LogP contribution in [0.4, 0.5) is 0 Å². The molecule has 1 unspecified atom stereocenters. The van der Waals surface area contributed by atoms with Gasteiger partial charge < -0.3 is 5.32 Å². The summed E-state index contributed by atoms with van der Waals surface area (Å²) in [6, 6.07) is 11.3. The van der Waals surface area contributed by atoms with Gasteiger partial charge in [0.05, 0.1) is 0 Å². The normalized spacial score (nSPS) is 13.8. The third kappa shape index (κ3) is 5.32. The zero-order chi connectivity index (χ0) is 12.0. The fourth-order valence-electron chi connectivity index (χ4n) is 2.14. The third-order valence-electron chi connectivity index (χ3n) is 2.68. The minimum atomic E-state index is 0.390. The fourth-order valence-corrected chi connectivity index (χ4v) is 2.14. The molecule has 1 N–H and O–H groups in total. The van der Waals surface area contributed by atoms with Gasteiger partial charge in [0.2, 0.25) is 0 Å². The van der Waals surface area contributed by atoms with Crippen LogP contribution in [0.25, 0.3) is 0 Å². The standard InChI is InChI=1S/C15H25N/c1-5-16-14(12-15(2,3)4)11-13-9-7-6-8-10-13/h6-10,14,16H,5,11-12H2,1-4H3. The molecule has 0 saturated carbocycles. The van der Waals surface area contributed by atoms with Crippen LogP contribution in [0, 0.1) is 5.41 Å². The second-order valence-corrected chi connectivity index (χ2v) is 5.71. The Balaban J connectivity index is 2.58.